The molecule has 0 radical (unpaired) electrons. The van der Waals surface area contributed by atoms with Gasteiger partial charge in [-0.1, -0.05) is 51.1 Å². The highest BCUT2D eigenvalue weighted by Crippen LogP contribution is 2.18. The van der Waals surface area contributed by atoms with E-state index in [-0.39, 0.29) is 12.5 Å². The van der Waals surface area contributed by atoms with E-state index >= 15 is 0 Å². The van der Waals surface area contributed by atoms with Crippen LogP contribution >= 0.6 is 0 Å². The molecule has 1 atom stereocenters. The maximum atomic E-state index is 12.0. The van der Waals surface area contributed by atoms with E-state index in [0.29, 0.717) is 18.1 Å². The normalized spacial score (nSPS) is 11.7. The van der Waals surface area contributed by atoms with Crippen molar-refractivity contribution in [2.75, 3.05) is 6.61 Å². The van der Waals surface area contributed by atoms with Gasteiger partial charge in [0.15, 0.2) is 6.61 Å². The van der Waals surface area contributed by atoms with Crippen LogP contribution in [0.15, 0.2) is 54.6 Å². The van der Waals surface area contributed by atoms with Crippen LogP contribution in [-0.4, -0.2) is 30.4 Å². The highest BCUT2D eigenvalue weighted by atomic mass is 16.5. The molecule has 8 heteroatoms. The van der Waals surface area contributed by atoms with E-state index in [1.54, 1.807) is 45.0 Å². The average molecular weight is 428 g/mol. The Kier molecular flexibility index (Phi) is 8.43. The number of nitrogens with one attached hydrogen (secondary N) is 3. The van der Waals surface area contributed by atoms with Crippen molar-refractivity contribution in [1.29, 1.82) is 0 Å². The van der Waals surface area contributed by atoms with Crippen LogP contribution in [0.4, 0.5) is 0 Å². The van der Waals surface area contributed by atoms with Gasteiger partial charge < -0.3 is 14.8 Å². The molecule has 1 unspecified atom stereocenters. The molecule has 2 aromatic rings. The minimum absolute atomic E-state index is 0.263. The van der Waals surface area contributed by atoms with Crippen LogP contribution in [0.5, 0.6) is 11.5 Å². The number of amides is 3. The number of carbonyl (C=O) groups is 3. The standard InChI is InChI=1S/C23H29N3O5/c1-16(24-22(29)23(2,3)4)21(28)26-25-20(27)15-31-19-12-10-18(11-13-19)30-14-17-8-6-5-7-9-17/h5-13,16H,14-15H2,1-4H3,(H,24,29)(H,25,27)(H,26,28). The first kappa shape index (κ1) is 23.7. The fourth-order valence-corrected chi connectivity index (χ4v) is 2.28. The summed E-state index contributed by atoms with van der Waals surface area (Å²) < 4.78 is 11.1. The van der Waals surface area contributed by atoms with E-state index in [1.165, 1.54) is 6.92 Å². The van der Waals surface area contributed by atoms with E-state index in [4.69, 9.17) is 9.47 Å². The molecular weight excluding hydrogens is 398 g/mol. The van der Waals surface area contributed by atoms with Crippen LogP contribution in [-0.2, 0) is 21.0 Å². The van der Waals surface area contributed by atoms with Crippen molar-refractivity contribution < 1.29 is 23.9 Å². The molecule has 8 nitrogen and oxygen atoms in total. The highest BCUT2D eigenvalue weighted by molar-refractivity contribution is 5.90. The molecule has 0 bridgehead atoms. The predicted molar refractivity (Wildman–Crippen MR) is 116 cm³/mol. The lowest BCUT2D eigenvalue weighted by atomic mass is 9.95. The zero-order valence-electron chi connectivity index (χ0n) is 18.2. The number of ether oxygens (including phenoxy) is 2. The Morgan fingerprint density at radius 2 is 1.45 bits per heavy atom. The van der Waals surface area contributed by atoms with Crippen LogP contribution in [0.1, 0.15) is 33.3 Å². The smallest absolute Gasteiger partial charge is 0.276 e. The third-order valence-corrected chi connectivity index (χ3v) is 4.19. The number of benzene rings is 2. The largest absolute Gasteiger partial charge is 0.489 e. The summed E-state index contributed by atoms with van der Waals surface area (Å²) in [6.45, 7) is 6.93. The molecule has 0 saturated carbocycles. The minimum Gasteiger partial charge on any atom is -0.489 e. The summed E-state index contributed by atoms with van der Waals surface area (Å²) in [4.78, 5) is 35.8. The van der Waals surface area contributed by atoms with Gasteiger partial charge in [-0.2, -0.15) is 0 Å². The SMILES string of the molecule is CC(NC(=O)C(C)(C)C)C(=O)NNC(=O)COc1ccc(OCc2ccccc2)cc1. The fraction of sp³-hybridized carbons (Fsp3) is 0.348. The molecule has 2 aromatic carbocycles. The van der Waals surface area contributed by atoms with E-state index < -0.39 is 23.3 Å². The van der Waals surface area contributed by atoms with Gasteiger partial charge in [0.25, 0.3) is 11.8 Å². The van der Waals surface area contributed by atoms with Gasteiger partial charge in [0.2, 0.25) is 5.91 Å². The number of hydrogen-bond acceptors (Lipinski definition) is 5. The number of rotatable bonds is 8. The Labute approximate surface area is 182 Å². The molecule has 0 saturated heterocycles. The third-order valence-electron chi connectivity index (χ3n) is 4.19. The molecule has 0 aromatic heterocycles. The molecule has 3 amide bonds. The minimum atomic E-state index is -0.795. The lowest BCUT2D eigenvalue weighted by molar-refractivity contribution is -0.134. The second kappa shape index (κ2) is 11.0. The molecule has 31 heavy (non-hydrogen) atoms. The molecule has 0 aliphatic rings. The third kappa shape index (κ3) is 8.38. The van der Waals surface area contributed by atoms with Crippen molar-refractivity contribution in [1.82, 2.24) is 16.2 Å². The van der Waals surface area contributed by atoms with Crippen molar-refractivity contribution in [3.63, 3.8) is 0 Å². The highest BCUT2D eigenvalue weighted by Gasteiger charge is 2.25. The van der Waals surface area contributed by atoms with E-state index in [0.717, 1.165) is 5.56 Å². The topological polar surface area (TPSA) is 106 Å². The summed E-state index contributed by atoms with van der Waals surface area (Å²) in [6.07, 6.45) is 0. The van der Waals surface area contributed by atoms with Crippen molar-refractivity contribution in [3.05, 3.63) is 60.2 Å². The fourth-order valence-electron chi connectivity index (χ4n) is 2.28. The molecule has 166 valence electrons. The molecular formula is C23H29N3O5. The van der Waals surface area contributed by atoms with Crippen LogP contribution in [0.2, 0.25) is 0 Å². The predicted octanol–water partition coefficient (Wildman–Crippen LogP) is 2.34. The summed E-state index contributed by atoms with van der Waals surface area (Å²) in [7, 11) is 0. The van der Waals surface area contributed by atoms with Crippen LogP contribution in [0.25, 0.3) is 0 Å². The Morgan fingerprint density at radius 3 is 2.03 bits per heavy atom. The zero-order chi connectivity index (χ0) is 22.9. The summed E-state index contributed by atoms with van der Waals surface area (Å²) in [5.41, 5.74) is 4.97. The lowest BCUT2D eigenvalue weighted by Crippen LogP contribution is -2.53. The summed E-state index contributed by atoms with van der Waals surface area (Å²) in [6, 6.07) is 15.9. The first-order valence-corrected chi connectivity index (χ1v) is 9.94. The Balaban J connectivity index is 1.69. The molecule has 0 fully saturated rings. The first-order chi connectivity index (χ1) is 14.6. The maximum Gasteiger partial charge on any atom is 0.276 e. The lowest BCUT2D eigenvalue weighted by Gasteiger charge is -2.21. The monoisotopic (exact) mass is 427 g/mol. The van der Waals surface area contributed by atoms with Crippen LogP contribution in [0.3, 0.4) is 0 Å². The van der Waals surface area contributed by atoms with Crippen LogP contribution in [0, 0.1) is 5.41 Å². The van der Waals surface area contributed by atoms with Gasteiger partial charge in [0.05, 0.1) is 0 Å². The second-order valence-electron chi connectivity index (χ2n) is 8.02. The molecule has 2 rings (SSSR count). The van der Waals surface area contributed by atoms with Crippen LogP contribution < -0.4 is 25.6 Å². The first-order valence-electron chi connectivity index (χ1n) is 9.94. The van der Waals surface area contributed by atoms with Crippen molar-refractivity contribution >= 4 is 17.7 Å². The van der Waals surface area contributed by atoms with Gasteiger partial charge in [0.1, 0.15) is 24.1 Å². The quantitative estimate of drug-likeness (QED) is 0.561. The number of hydrazine groups is 1. The van der Waals surface area contributed by atoms with Crippen molar-refractivity contribution in [2.24, 2.45) is 5.41 Å². The molecule has 3 N–H and O–H groups in total. The van der Waals surface area contributed by atoms with Crippen molar-refractivity contribution in [2.45, 2.75) is 40.3 Å². The summed E-state index contributed by atoms with van der Waals surface area (Å²) in [5, 5.41) is 2.58. The van der Waals surface area contributed by atoms with Crippen molar-refractivity contribution in [3.8, 4) is 11.5 Å². The van der Waals surface area contributed by atoms with E-state index in [9.17, 15) is 14.4 Å². The van der Waals surface area contributed by atoms with E-state index in [2.05, 4.69) is 16.2 Å². The molecule has 0 aliphatic heterocycles. The van der Waals surface area contributed by atoms with Gasteiger partial charge in [-0.3, -0.25) is 25.2 Å². The zero-order valence-corrected chi connectivity index (χ0v) is 18.2. The van der Waals surface area contributed by atoms with E-state index in [1.807, 2.05) is 30.3 Å². The Bertz CT molecular complexity index is 876. The second-order valence-corrected chi connectivity index (χ2v) is 8.02. The summed E-state index contributed by atoms with van der Waals surface area (Å²) >= 11 is 0. The Morgan fingerprint density at radius 1 is 0.871 bits per heavy atom. The maximum absolute atomic E-state index is 12.0. The Hall–Kier alpha value is -3.55. The molecule has 0 heterocycles. The average Bonchev–Trinajstić information content (AvgIpc) is 2.75. The number of carbonyl (C=O) groups excluding carboxylic acids is 3. The number of hydrogen-bond donors (Lipinski definition) is 3. The van der Waals surface area contributed by atoms with Gasteiger partial charge in [-0.05, 0) is 36.8 Å². The van der Waals surface area contributed by atoms with Gasteiger partial charge >= 0.3 is 0 Å². The van der Waals surface area contributed by atoms with Gasteiger partial charge in [0, 0.05) is 5.41 Å². The van der Waals surface area contributed by atoms with Gasteiger partial charge in [-0.25, -0.2) is 0 Å². The molecule has 0 spiro atoms. The summed E-state index contributed by atoms with van der Waals surface area (Å²) in [5.74, 6) is -0.169. The van der Waals surface area contributed by atoms with Gasteiger partial charge in [-0.15, -0.1) is 0 Å². The molecule has 0 aliphatic carbocycles.